The molecule has 1 aromatic rings. The summed E-state index contributed by atoms with van der Waals surface area (Å²) >= 11 is 0. The van der Waals surface area contributed by atoms with Gasteiger partial charge in [-0.15, -0.1) is 0 Å². The van der Waals surface area contributed by atoms with Crippen molar-refractivity contribution < 1.29 is 4.39 Å². The van der Waals surface area contributed by atoms with Gasteiger partial charge in [-0.25, -0.2) is 4.39 Å². The molecule has 0 aliphatic carbocycles. The summed E-state index contributed by atoms with van der Waals surface area (Å²) in [4.78, 5) is 0. The molecule has 0 radical (unpaired) electrons. The van der Waals surface area contributed by atoms with Gasteiger partial charge in [-0.05, 0) is 44.0 Å². The van der Waals surface area contributed by atoms with Crippen molar-refractivity contribution in [3.05, 3.63) is 35.6 Å². The van der Waals surface area contributed by atoms with Crippen LogP contribution in [0.2, 0.25) is 0 Å². The van der Waals surface area contributed by atoms with Crippen LogP contribution in [0.15, 0.2) is 24.3 Å². The van der Waals surface area contributed by atoms with E-state index in [1.54, 1.807) is 6.07 Å². The van der Waals surface area contributed by atoms with Crippen molar-refractivity contribution in [3.63, 3.8) is 0 Å². The molecule has 3 heteroatoms. The highest BCUT2D eigenvalue weighted by Crippen LogP contribution is 2.27. The van der Waals surface area contributed by atoms with Crippen LogP contribution in [-0.4, -0.2) is 12.6 Å². The lowest BCUT2D eigenvalue weighted by atomic mass is 9.81. The van der Waals surface area contributed by atoms with Crippen LogP contribution in [0.25, 0.3) is 0 Å². The first kappa shape index (κ1) is 11.6. The van der Waals surface area contributed by atoms with Crippen LogP contribution in [0.5, 0.6) is 0 Å². The Hall–Kier alpha value is -0.930. The van der Waals surface area contributed by atoms with Crippen LogP contribution >= 0.6 is 0 Å². The van der Waals surface area contributed by atoms with Crippen LogP contribution in [0, 0.1) is 5.82 Å². The molecular weight excluding hydrogens is 203 g/mol. The summed E-state index contributed by atoms with van der Waals surface area (Å²) in [5.74, 6) is -0.218. The molecule has 0 amide bonds. The van der Waals surface area contributed by atoms with Crippen molar-refractivity contribution >= 4 is 0 Å². The van der Waals surface area contributed by atoms with Gasteiger partial charge in [-0.1, -0.05) is 18.6 Å². The van der Waals surface area contributed by atoms with E-state index in [9.17, 15) is 4.39 Å². The Morgan fingerprint density at radius 1 is 1.44 bits per heavy atom. The Morgan fingerprint density at radius 3 is 2.88 bits per heavy atom. The molecule has 2 unspecified atom stereocenters. The summed E-state index contributed by atoms with van der Waals surface area (Å²) in [6, 6.07) is 6.85. The molecule has 16 heavy (non-hydrogen) atoms. The molecule has 0 spiro atoms. The summed E-state index contributed by atoms with van der Waals surface area (Å²) < 4.78 is 13.2. The fourth-order valence-corrected chi connectivity index (χ4v) is 2.39. The molecule has 0 saturated carbocycles. The van der Waals surface area contributed by atoms with E-state index < -0.39 is 5.54 Å². The molecular formula is C13H19FN2. The van der Waals surface area contributed by atoms with Gasteiger partial charge in [0.05, 0.1) is 5.54 Å². The molecule has 1 saturated heterocycles. The number of hydrogen-bond donors (Lipinski definition) is 2. The summed E-state index contributed by atoms with van der Waals surface area (Å²) in [6.07, 6.45) is 3.46. The summed E-state index contributed by atoms with van der Waals surface area (Å²) in [6.45, 7) is 2.98. The number of halogens is 1. The summed E-state index contributed by atoms with van der Waals surface area (Å²) in [5, 5.41) is 3.43. The highest BCUT2D eigenvalue weighted by atomic mass is 19.1. The van der Waals surface area contributed by atoms with Crippen LogP contribution in [0.3, 0.4) is 0 Å². The zero-order valence-electron chi connectivity index (χ0n) is 9.67. The Balaban J connectivity index is 2.22. The molecule has 0 aromatic heterocycles. The molecule has 1 fully saturated rings. The third kappa shape index (κ3) is 2.25. The van der Waals surface area contributed by atoms with E-state index in [0.717, 1.165) is 18.5 Å². The number of nitrogens with two attached hydrogens (primary N) is 1. The van der Waals surface area contributed by atoms with Crippen LogP contribution in [0.1, 0.15) is 31.7 Å². The lowest BCUT2D eigenvalue weighted by Gasteiger charge is -2.38. The highest BCUT2D eigenvalue weighted by molar-refractivity contribution is 5.26. The van der Waals surface area contributed by atoms with Crippen molar-refractivity contribution in [2.24, 2.45) is 5.73 Å². The molecule has 1 aliphatic heterocycles. The quantitative estimate of drug-likeness (QED) is 0.804. The van der Waals surface area contributed by atoms with Gasteiger partial charge in [0, 0.05) is 6.04 Å². The zero-order chi connectivity index (χ0) is 11.6. The van der Waals surface area contributed by atoms with Crippen LogP contribution in [-0.2, 0) is 5.54 Å². The molecule has 2 nitrogen and oxygen atoms in total. The SMILES string of the molecule is CC(N)(c1cccc(F)c1)C1CCCCN1. The fraction of sp³-hybridized carbons (Fsp3) is 0.538. The first-order chi connectivity index (χ1) is 7.60. The molecule has 2 atom stereocenters. The third-order valence-electron chi connectivity index (χ3n) is 3.48. The van der Waals surface area contributed by atoms with Crippen molar-refractivity contribution in [1.29, 1.82) is 0 Å². The Bertz CT molecular complexity index is 357. The van der Waals surface area contributed by atoms with E-state index in [1.165, 1.54) is 25.0 Å². The minimum atomic E-state index is -0.497. The summed E-state index contributed by atoms with van der Waals surface area (Å²) in [5.41, 5.74) is 6.72. The average Bonchev–Trinajstić information content (AvgIpc) is 2.30. The molecule has 0 bridgehead atoms. The summed E-state index contributed by atoms with van der Waals surface area (Å²) in [7, 11) is 0. The van der Waals surface area contributed by atoms with E-state index in [1.807, 2.05) is 13.0 Å². The predicted octanol–water partition coefficient (Wildman–Crippen LogP) is 2.14. The van der Waals surface area contributed by atoms with Crippen molar-refractivity contribution in [2.45, 2.75) is 37.8 Å². The largest absolute Gasteiger partial charge is 0.320 e. The van der Waals surface area contributed by atoms with E-state index in [4.69, 9.17) is 5.73 Å². The second-order valence-corrected chi connectivity index (χ2v) is 4.80. The number of benzene rings is 1. The Morgan fingerprint density at radius 2 is 2.25 bits per heavy atom. The predicted molar refractivity (Wildman–Crippen MR) is 63.6 cm³/mol. The van der Waals surface area contributed by atoms with Gasteiger partial charge in [0.2, 0.25) is 0 Å². The van der Waals surface area contributed by atoms with Gasteiger partial charge >= 0.3 is 0 Å². The van der Waals surface area contributed by atoms with Crippen molar-refractivity contribution in [3.8, 4) is 0 Å². The van der Waals surface area contributed by atoms with E-state index in [-0.39, 0.29) is 11.9 Å². The van der Waals surface area contributed by atoms with Gasteiger partial charge in [0.15, 0.2) is 0 Å². The van der Waals surface area contributed by atoms with Crippen molar-refractivity contribution in [1.82, 2.24) is 5.32 Å². The maximum absolute atomic E-state index is 13.2. The average molecular weight is 222 g/mol. The van der Waals surface area contributed by atoms with Gasteiger partial charge in [-0.3, -0.25) is 0 Å². The van der Waals surface area contributed by atoms with Gasteiger partial charge in [-0.2, -0.15) is 0 Å². The van der Waals surface area contributed by atoms with Gasteiger partial charge in [0.1, 0.15) is 5.82 Å². The van der Waals surface area contributed by atoms with Gasteiger partial charge < -0.3 is 11.1 Å². The molecule has 2 rings (SSSR count). The number of rotatable bonds is 2. The second kappa shape index (κ2) is 4.52. The maximum Gasteiger partial charge on any atom is 0.123 e. The minimum absolute atomic E-state index is 0.218. The Labute approximate surface area is 96.0 Å². The molecule has 1 aliphatic rings. The molecule has 3 N–H and O–H groups in total. The molecule has 1 aromatic carbocycles. The first-order valence-corrected chi connectivity index (χ1v) is 5.89. The molecule has 1 heterocycles. The van der Waals surface area contributed by atoms with Crippen LogP contribution in [0.4, 0.5) is 4.39 Å². The van der Waals surface area contributed by atoms with Crippen LogP contribution < -0.4 is 11.1 Å². The normalized spacial score (nSPS) is 25.1. The second-order valence-electron chi connectivity index (χ2n) is 4.80. The van der Waals surface area contributed by atoms with E-state index >= 15 is 0 Å². The fourth-order valence-electron chi connectivity index (χ4n) is 2.39. The number of hydrogen-bond acceptors (Lipinski definition) is 2. The first-order valence-electron chi connectivity index (χ1n) is 5.89. The van der Waals surface area contributed by atoms with E-state index in [2.05, 4.69) is 5.32 Å². The van der Waals surface area contributed by atoms with Crippen molar-refractivity contribution in [2.75, 3.05) is 6.54 Å². The Kier molecular flexibility index (Phi) is 3.26. The standard InChI is InChI=1S/C13H19FN2/c1-13(15,12-7-2-3-8-16-12)10-5-4-6-11(14)9-10/h4-6,9,12,16H,2-3,7-8,15H2,1H3. The third-order valence-corrected chi connectivity index (χ3v) is 3.48. The lowest BCUT2D eigenvalue weighted by Crippen LogP contribution is -2.54. The topological polar surface area (TPSA) is 38.0 Å². The maximum atomic E-state index is 13.2. The number of nitrogens with one attached hydrogen (secondary N) is 1. The lowest BCUT2D eigenvalue weighted by molar-refractivity contribution is 0.270. The molecule has 88 valence electrons. The van der Waals surface area contributed by atoms with E-state index in [0.29, 0.717) is 0 Å². The smallest absolute Gasteiger partial charge is 0.123 e. The minimum Gasteiger partial charge on any atom is -0.320 e. The zero-order valence-corrected chi connectivity index (χ0v) is 9.67. The monoisotopic (exact) mass is 222 g/mol. The highest BCUT2D eigenvalue weighted by Gasteiger charge is 2.32. The van der Waals surface area contributed by atoms with Gasteiger partial charge in [0.25, 0.3) is 0 Å². The number of piperidine rings is 1.